The van der Waals surface area contributed by atoms with Crippen LogP contribution in [0.3, 0.4) is 0 Å². The highest BCUT2D eigenvalue weighted by Gasteiger charge is 2.22. The molecule has 0 saturated carbocycles. The van der Waals surface area contributed by atoms with Gasteiger partial charge in [-0.2, -0.15) is 23.9 Å². The van der Waals surface area contributed by atoms with E-state index in [-0.39, 0.29) is 38.3 Å². The maximum Gasteiger partial charge on any atom is 0.338 e. The lowest BCUT2D eigenvalue weighted by Gasteiger charge is -2.11. The van der Waals surface area contributed by atoms with Crippen LogP contribution in [0.15, 0.2) is 95.8 Å². The largest absolute Gasteiger partial charge is 0.505 e. The third-order valence-corrected chi connectivity index (χ3v) is 7.56. The summed E-state index contributed by atoms with van der Waals surface area (Å²) in [4.78, 5) is 11.7. The number of azo groups is 2. The first-order valence-corrected chi connectivity index (χ1v) is 14.3. The van der Waals surface area contributed by atoms with Crippen LogP contribution >= 0.6 is 24.1 Å². The topological polar surface area (TPSA) is 263 Å². The normalized spacial score (nSPS) is 11.9. The number of hydrogen-bond acceptors (Lipinski definition) is 17. The second-order valence-corrected chi connectivity index (χ2v) is 11.0. The van der Waals surface area contributed by atoms with Crippen molar-refractivity contribution in [1.82, 2.24) is 0 Å². The van der Waals surface area contributed by atoms with Gasteiger partial charge in [0.15, 0.2) is 5.75 Å². The molecular formula is C24H15N5O12S3. The van der Waals surface area contributed by atoms with Gasteiger partial charge >= 0.3 is 5.97 Å². The minimum absolute atomic E-state index is 0.0129. The fraction of sp³-hybridized carbons (Fsp3) is 0. The van der Waals surface area contributed by atoms with Crippen molar-refractivity contribution in [2.45, 2.75) is 14.7 Å². The SMILES string of the molecule is N#Cc1cc2c(O)c(/N=N/c3ccc(/N=N/c4ccc(SOOO)cc4)cc3C(=O)O)c(SOOO)cc2cc1S(=O)(=O)O. The molecule has 0 aliphatic carbocycles. The first-order chi connectivity index (χ1) is 21.0. The van der Waals surface area contributed by atoms with Gasteiger partial charge < -0.3 is 10.2 Å². The van der Waals surface area contributed by atoms with Crippen molar-refractivity contribution in [2.75, 3.05) is 0 Å². The number of nitriles is 1. The minimum Gasteiger partial charge on any atom is -0.505 e. The van der Waals surface area contributed by atoms with Crippen LogP contribution in [-0.4, -0.2) is 39.7 Å². The number of rotatable bonds is 12. The maximum atomic E-state index is 12.0. The van der Waals surface area contributed by atoms with E-state index in [1.165, 1.54) is 24.3 Å². The number of nitrogens with zero attached hydrogens (tertiary/aromatic N) is 5. The number of carbonyl (C=O) groups is 1. The number of aromatic carboxylic acids is 1. The molecule has 226 valence electrons. The van der Waals surface area contributed by atoms with Gasteiger partial charge in [-0.1, -0.05) is 10.1 Å². The summed E-state index contributed by atoms with van der Waals surface area (Å²) in [5.41, 5.74) is -0.764. The fourth-order valence-electron chi connectivity index (χ4n) is 3.57. The number of carboxylic acid groups (broad SMARTS) is 1. The van der Waals surface area contributed by atoms with Crippen LogP contribution in [0.25, 0.3) is 10.8 Å². The van der Waals surface area contributed by atoms with Gasteiger partial charge in [0.25, 0.3) is 10.1 Å². The highest BCUT2D eigenvalue weighted by atomic mass is 32.2. The lowest BCUT2D eigenvalue weighted by atomic mass is 10.1. The molecule has 0 spiro atoms. The first-order valence-electron chi connectivity index (χ1n) is 11.4. The predicted octanol–water partition coefficient (Wildman–Crippen LogP) is 7.05. The highest BCUT2D eigenvalue weighted by molar-refractivity contribution is 7.94. The lowest BCUT2D eigenvalue weighted by molar-refractivity contribution is -0.432. The van der Waals surface area contributed by atoms with E-state index in [0.717, 1.165) is 24.2 Å². The molecule has 0 aliphatic rings. The molecule has 0 radical (unpaired) electrons. The van der Waals surface area contributed by atoms with Crippen LogP contribution < -0.4 is 0 Å². The van der Waals surface area contributed by atoms with Gasteiger partial charge in [-0.3, -0.25) is 4.55 Å². The summed E-state index contributed by atoms with van der Waals surface area (Å²) >= 11 is 1.07. The Bertz CT molecular complexity index is 1930. The van der Waals surface area contributed by atoms with Crippen molar-refractivity contribution in [3.63, 3.8) is 0 Å². The zero-order valence-electron chi connectivity index (χ0n) is 21.3. The lowest BCUT2D eigenvalue weighted by Crippen LogP contribution is -2.01. The number of benzene rings is 4. The zero-order chi connectivity index (χ0) is 31.9. The fourth-order valence-corrected chi connectivity index (χ4v) is 5.08. The maximum absolute atomic E-state index is 12.0. The smallest absolute Gasteiger partial charge is 0.338 e. The molecule has 5 N–H and O–H groups in total. The van der Waals surface area contributed by atoms with Gasteiger partial charge in [0, 0.05) is 10.3 Å². The average Bonchev–Trinajstić information content (AvgIpc) is 3.01. The van der Waals surface area contributed by atoms with Gasteiger partial charge in [-0.25, -0.2) is 15.3 Å². The third kappa shape index (κ3) is 7.70. The Balaban J connectivity index is 1.71. The predicted molar refractivity (Wildman–Crippen MR) is 150 cm³/mol. The molecule has 0 aliphatic heterocycles. The molecule has 0 atom stereocenters. The van der Waals surface area contributed by atoms with Crippen LogP contribution in [-0.2, 0) is 28.9 Å². The molecule has 44 heavy (non-hydrogen) atoms. The van der Waals surface area contributed by atoms with Crippen molar-refractivity contribution in [3.8, 4) is 11.8 Å². The summed E-state index contributed by atoms with van der Waals surface area (Å²) in [5, 5.41) is 69.8. The van der Waals surface area contributed by atoms with Gasteiger partial charge in [0.05, 0.1) is 51.5 Å². The van der Waals surface area contributed by atoms with E-state index in [0.29, 0.717) is 22.6 Å². The Kier molecular flexibility index (Phi) is 10.5. The van der Waals surface area contributed by atoms with E-state index >= 15 is 0 Å². The van der Waals surface area contributed by atoms with Gasteiger partial charge in [0.1, 0.15) is 22.3 Å². The molecule has 0 amide bonds. The molecule has 0 fully saturated rings. The molecule has 17 nitrogen and oxygen atoms in total. The number of aromatic hydroxyl groups is 1. The van der Waals surface area contributed by atoms with Crippen LogP contribution in [0.1, 0.15) is 15.9 Å². The number of phenols is 1. The number of carboxylic acids is 1. The quantitative estimate of drug-likeness (QED) is 0.0335. The van der Waals surface area contributed by atoms with E-state index in [1.807, 2.05) is 0 Å². The zero-order valence-corrected chi connectivity index (χ0v) is 23.8. The molecule has 20 heteroatoms. The number of hydrogen-bond donors (Lipinski definition) is 5. The van der Waals surface area contributed by atoms with Gasteiger partial charge in [0.2, 0.25) is 0 Å². The molecular weight excluding hydrogens is 646 g/mol. The van der Waals surface area contributed by atoms with E-state index in [9.17, 15) is 33.2 Å². The van der Waals surface area contributed by atoms with Crippen molar-refractivity contribution in [2.24, 2.45) is 20.5 Å². The molecule has 0 saturated heterocycles. The van der Waals surface area contributed by atoms with Gasteiger partial charge in [-0.05, 0) is 66.0 Å². The summed E-state index contributed by atoms with van der Waals surface area (Å²) < 4.78 is 41.7. The Morgan fingerprint density at radius 3 is 2.16 bits per heavy atom. The van der Waals surface area contributed by atoms with Crippen molar-refractivity contribution >= 4 is 73.7 Å². The van der Waals surface area contributed by atoms with Crippen LogP contribution in [0.5, 0.6) is 5.75 Å². The highest BCUT2D eigenvalue weighted by Crippen LogP contribution is 2.45. The van der Waals surface area contributed by atoms with Crippen molar-refractivity contribution < 1.29 is 57.2 Å². The third-order valence-electron chi connectivity index (χ3n) is 5.45. The number of phenolic OH excluding ortho intramolecular Hbond substituents is 1. The second kappa shape index (κ2) is 14.3. The Morgan fingerprint density at radius 1 is 0.864 bits per heavy atom. The van der Waals surface area contributed by atoms with Crippen LogP contribution in [0.2, 0.25) is 0 Å². The number of fused-ring (bicyclic) bond motifs is 1. The van der Waals surface area contributed by atoms with Gasteiger partial charge in [-0.15, -0.1) is 18.9 Å². The molecule has 4 rings (SSSR count). The van der Waals surface area contributed by atoms with Crippen LogP contribution in [0, 0.1) is 11.3 Å². The Hall–Kier alpha value is -4.53. The van der Waals surface area contributed by atoms with E-state index in [4.69, 9.17) is 10.5 Å². The minimum atomic E-state index is -4.81. The molecule has 0 bridgehead atoms. The molecule has 0 unspecified atom stereocenters. The average molecular weight is 662 g/mol. The molecule has 0 aromatic heterocycles. The van der Waals surface area contributed by atoms with E-state index in [1.54, 1.807) is 30.3 Å². The van der Waals surface area contributed by atoms with E-state index < -0.39 is 32.3 Å². The van der Waals surface area contributed by atoms with Crippen molar-refractivity contribution in [3.05, 3.63) is 71.8 Å². The first kappa shape index (κ1) is 32.4. The summed E-state index contributed by atoms with van der Waals surface area (Å²) in [6.45, 7) is 0. The van der Waals surface area contributed by atoms with E-state index in [2.05, 4.69) is 39.2 Å². The molecule has 4 aromatic carbocycles. The summed E-state index contributed by atoms with van der Waals surface area (Å²) in [7, 11) is -4.81. The Morgan fingerprint density at radius 2 is 1.52 bits per heavy atom. The van der Waals surface area contributed by atoms with Crippen LogP contribution in [0.4, 0.5) is 22.7 Å². The Labute approximate surface area is 254 Å². The van der Waals surface area contributed by atoms with Crippen molar-refractivity contribution in [1.29, 1.82) is 5.26 Å². The second-order valence-electron chi connectivity index (χ2n) is 8.08. The monoisotopic (exact) mass is 661 g/mol. The summed E-state index contributed by atoms with van der Waals surface area (Å²) in [5.74, 6) is -2.02. The molecule has 0 heterocycles. The standard InChI is InChI=1S/C24H15N5O12S3/c25-11-13-7-17-12(9-21(13)44(35,36)37)8-20(43-41-39-34)22(23(17)30)29-28-19-6-3-15(10-18(19)24(31)32)27-26-14-1-4-16(5-2-14)42-40-38-33/h1-10,30,33-34H,(H,31,32)(H,35,36,37)/b27-26+,29-28+. The summed E-state index contributed by atoms with van der Waals surface area (Å²) in [6.07, 6.45) is 0. The summed E-state index contributed by atoms with van der Waals surface area (Å²) in [6, 6.07) is 15.0. The molecule has 4 aromatic rings.